The second-order valence-electron chi connectivity index (χ2n) is 2.93. The number of thioether (sulfide) groups is 1. The van der Waals surface area contributed by atoms with Gasteiger partial charge in [0.15, 0.2) is 0 Å². The van der Waals surface area contributed by atoms with Gasteiger partial charge in [-0.1, -0.05) is 18.5 Å². The van der Waals surface area contributed by atoms with Crippen LogP contribution in [0.1, 0.15) is 18.2 Å². The molecule has 2 nitrogen and oxygen atoms in total. The highest BCUT2D eigenvalue weighted by atomic mass is 35.5. The lowest BCUT2D eigenvalue weighted by Crippen LogP contribution is -2.05. The van der Waals surface area contributed by atoms with Crippen LogP contribution in [0.2, 0.25) is 4.34 Å². The van der Waals surface area contributed by atoms with Crippen LogP contribution >= 0.6 is 34.7 Å². The molecule has 0 amide bonds. The third kappa shape index (κ3) is 4.35. The van der Waals surface area contributed by atoms with Crippen molar-refractivity contribution in [3.05, 3.63) is 21.3 Å². The van der Waals surface area contributed by atoms with Gasteiger partial charge in [-0.2, -0.15) is 11.8 Å². The van der Waals surface area contributed by atoms with E-state index < -0.39 is 5.97 Å². The molecule has 0 aliphatic carbocycles. The minimum Gasteiger partial charge on any atom is -0.481 e. The van der Waals surface area contributed by atoms with Crippen molar-refractivity contribution in [2.75, 3.05) is 0 Å². The molecule has 1 unspecified atom stereocenters. The van der Waals surface area contributed by atoms with Gasteiger partial charge in [0.05, 0.1) is 10.8 Å². The maximum atomic E-state index is 10.4. The highest BCUT2D eigenvalue weighted by molar-refractivity contribution is 7.99. The van der Waals surface area contributed by atoms with E-state index in [4.69, 9.17) is 16.7 Å². The topological polar surface area (TPSA) is 37.3 Å². The van der Waals surface area contributed by atoms with Crippen LogP contribution in [0.5, 0.6) is 0 Å². The second kappa shape index (κ2) is 5.63. The van der Waals surface area contributed by atoms with Gasteiger partial charge in [-0.15, -0.1) is 11.3 Å². The Hall–Kier alpha value is -0.190. The summed E-state index contributed by atoms with van der Waals surface area (Å²) in [6, 6.07) is 3.84. The van der Waals surface area contributed by atoms with E-state index in [1.165, 1.54) is 4.88 Å². The van der Waals surface area contributed by atoms with Gasteiger partial charge in [0.1, 0.15) is 0 Å². The molecule has 0 aliphatic rings. The molecular formula is C9H11ClO2S2. The average Bonchev–Trinajstić information content (AvgIpc) is 2.47. The van der Waals surface area contributed by atoms with Crippen molar-refractivity contribution in [3.63, 3.8) is 0 Å². The van der Waals surface area contributed by atoms with E-state index in [-0.39, 0.29) is 11.7 Å². The molecule has 1 rings (SSSR count). The van der Waals surface area contributed by atoms with Crippen molar-refractivity contribution < 1.29 is 9.90 Å². The minimum absolute atomic E-state index is 0.147. The monoisotopic (exact) mass is 250 g/mol. The molecule has 5 heteroatoms. The van der Waals surface area contributed by atoms with Crippen LogP contribution in [-0.4, -0.2) is 16.3 Å². The number of carboxylic acids is 1. The van der Waals surface area contributed by atoms with Gasteiger partial charge >= 0.3 is 5.97 Å². The maximum Gasteiger partial charge on any atom is 0.304 e. The fourth-order valence-corrected chi connectivity index (χ4v) is 3.09. The number of aliphatic carboxylic acids is 1. The summed E-state index contributed by atoms with van der Waals surface area (Å²) in [5, 5.41) is 8.70. The van der Waals surface area contributed by atoms with Crippen molar-refractivity contribution in [2.24, 2.45) is 0 Å². The molecule has 1 aromatic rings. The van der Waals surface area contributed by atoms with Crippen molar-refractivity contribution in [2.45, 2.75) is 24.3 Å². The van der Waals surface area contributed by atoms with Crippen LogP contribution in [-0.2, 0) is 10.5 Å². The Morgan fingerprint density at radius 2 is 2.43 bits per heavy atom. The third-order valence-corrected chi connectivity index (χ3v) is 4.23. The quantitative estimate of drug-likeness (QED) is 0.869. The van der Waals surface area contributed by atoms with Crippen LogP contribution in [0.3, 0.4) is 0 Å². The Morgan fingerprint density at radius 1 is 1.71 bits per heavy atom. The summed E-state index contributed by atoms with van der Waals surface area (Å²) in [7, 11) is 0. The summed E-state index contributed by atoms with van der Waals surface area (Å²) >= 11 is 8.96. The zero-order chi connectivity index (χ0) is 10.6. The van der Waals surface area contributed by atoms with Crippen molar-refractivity contribution in [1.29, 1.82) is 0 Å². The smallest absolute Gasteiger partial charge is 0.304 e. The summed E-state index contributed by atoms with van der Waals surface area (Å²) in [5.74, 6) is 0.0976. The summed E-state index contributed by atoms with van der Waals surface area (Å²) in [5.41, 5.74) is 0. The molecule has 0 saturated heterocycles. The van der Waals surface area contributed by atoms with Gasteiger partial charge in [-0.05, 0) is 12.1 Å². The summed E-state index contributed by atoms with van der Waals surface area (Å²) in [6.45, 7) is 1.92. The van der Waals surface area contributed by atoms with Crippen molar-refractivity contribution in [1.82, 2.24) is 0 Å². The van der Waals surface area contributed by atoms with Crippen molar-refractivity contribution in [3.8, 4) is 0 Å². The standard InChI is InChI=1S/C9H11ClO2S2/c1-6(4-9(11)12)13-5-7-2-3-8(10)14-7/h2-3,6H,4-5H2,1H3,(H,11,12). The van der Waals surface area contributed by atoms with Crippen LogP contribution in [0.15, 0.2) is 12.1 Å². The number of thiophene rings is 1. The molecule has 14 heavy (non-hydrogen) atoms. The summed E-state index contributed by atoms with van der Waals surface area (Å²) in [6.07, 6.45) is 0.212. The molecule has 0 aliphatic heterocycles. The van der Waals surface area contributed by atoms with Gasteiger partial charge in [-0.3, -0.25) is 4.79 Å². The Morgan fingerprint density at radius 3 is 2.93 bits per heavy atom. The summed E-state index contributed by atoms with van der Waals surface area (Å²) in [4.78, 5) is 11.6. The fourth-order valence-electron chi connectivity index (χ4n) is 0.959. The maximum absolute atomic E-state index is 10.4. The SMILES string of the molecule is CC(CC(=O)O)SCc1ccc(Cl)s1. The molecule has 1 atom stereocenters. The number of carboxylic acid groups (broad SMARTS) is 1. The van der Waals surface area contributed by atoms with Crippen LogP contribution in [0.4, 0.5) is 0 Å². The first-order valence-electron chi connectivity index (χ1n) is 4.15. The number of halogens is 1. The van der Waals surface area contributed by atoms with E-state index in [9.17, 15) is 4.79 Å². The molecule has 1 aromatic heterocycles. The number of hydrogen-bond donors (Lipinski definition) is 1. The van der Waals surface area contributed by atoms with Gasteiger partial charge in [0.2, 0.25) is 0 Å². The largest absolute Gasteiger partial charge is 0.481 e. The highest BCUT2D eigenvalue weighted by Gasteiger charge is 2.08. The number of rotatable bonds is 5. The lowest BCUT2D eigenvalue weighted by Gasteiger charge is -2.06. The molecule has 0 spiro atoms. The van der Waals surface area contributed by atoms with E-state index in [0.717, 1.165) is 10.1 Å². The first kappa shape index (κ1) is 11.9. The van der Waals surface area contributed by atoms with Gasteiger partial charge in [0, 0.05) is 15.9 Å². The molecule has 0 radical (unpaired) electrons. The first-order chi connectivity index (χ1) is 6.58. The lowest BCUT2D eigenvalue weighted by molar-refractivity contribution is -0.136. The van der Waals surface area contributed by atoms with Gasteiger partial charge in [0.25, 0.3) is 0 Å². The predicted molar refractivity (Wildman–Crippen MR) is 62.3 cm³/mol. The van der Waals surface area contributed by atoms with E-state index in [0.29, 0.717) is 0 Å². The molecule has 0 aromatic carbocycles. The zero-order valence-electron chi connectivity index (χ0n) is 7.70. The normalized spacial score (nSPS) is 12.7. The van der Waals surface area contributed by atoms with E-state index in [1.807, 2.05) is 19.1 Å². The predicted octanol–water partition coefficient (Wildman–Crippen LogP) is 3.50. The molecule has 0 fully saturated rings. The van der Waals surface area contributed by atoms with Crippen LogP contribution in [0, 0.1) is 0 Å². The van der Waals surface area contributed by atoms with Crippen LogP contribution in [0.25, 0.3) is 0 Å². The number of hydrogen-bond acceptors (Lipinski definition) is 3. The first-order valence-corrected chi connectivity index (χ1v) is 6.40. The Kier molecular flexibility index (Phi) is 4.78. The highest BCUT2D eigenvalue weighted by Crippen LogP contribution is 2.27. The number of carbonyl (C=O) groups is 1. The van der Waals surface area contributed by atoms with E-state index in [2.05, 4.69) is 0 Å². The zero-order valence-corrected chi connectivity index (χ0v) is 10.1. The van der Waals surface area contributed by atoms with Crippen LogP contribution < -0.4 is 0 Å². The second-order valence-corrected chi connectivity index (χ2v) is 6.15. The molecule has 0 bridgehead atoms. The Labute approximate surface area is 96.3 Å². The molecular weight excluding hydrogens is 240 g/mol. The lowest BCUT2D eigenvalue weighted by atomic mass is 10.3. The average molecular weight is 251 g/mol. The molecule has 1 N–H and O–H groups in total. The summed E-state index contributed by atoms with van der Waals surface area (Å²) < 4.78 is 0.784. The Bertz CT molecular complexity index is 312. The van der Waals surface area contributed by atoms with E-state index >= 15 is 0 Å². The third-order valence-electron chi connectivity index (χ3n) is 1.60. The van der Waals surface area contributed by atoms with E-state index in [1.54, 1.807) is 23.1 Å². The van der Waals surface area contributed by atoms with Gasteiger partial charge < -0.3 is 5.11 Å². The molecule has 1 heterocycles. The van der Waals surface area contributed by atoms with Gasteiger partial charge in [-0.25, -0.2) is 0 Å². The minimum atomic E-state index is -0.741. The Balaban J connectivity index is 2.30. The van der Waals surface area contributed by atoms with Crippen molar-refractivity contribution >= 4 is 40.7 Å². The fraction of sp³-hybridized carbons (Fsp3) is 0.444. The molecule has 78 valence electrons. The molecule has 0 saturated carbocycles.